The van der Waals surface area contributed by atoms with Crippen LogP contribution < -0.4 is 0 Å². The lowest BCUT2D eigenvalue weighted by atomic mass is 10.2. The maximum Gasteiger partial charge on any atom is 0.453 e. The quantitative estimate of drug-likeness (QED) is 0.589. The van der Waals surface area contributed by atoms with Crippen molar-refractivity contribution >= 4 is 11.1 Å². The predicted octanol–water partition coefficient (Wildman–Crippen LogP) is 2.19. The molecule has 13 heavy (non-hydrogen) atoms. The Morgan fingerprint density at radius 3 is 1.92 bits per heavy atom. The lowest BCUT2D eigenvalue weighted by Crippen LogP contribution is -2.36. The largest absolute Gasteiger partial charge is 0.453 e. The fourth-order valence-corrected chi connectivity index (χ4v) is 0.951. The van der Waals surface area contributed by atoms with Crippen LogP contribution in [0.1, 0.15) is 12.8 Å². The maximum atomic E-state index is 12.1. The molecule has 0 fully saturated rings. The Kier molecular flexibility index (Phi) is 4.24. The van der Waals surface area contributed by atoms with Crippen LogP contribution >= 0.6 is 0 Å². The molecule has 8 heteroatoms. The zero-order valence-corrected chi connectivity index (χ0v) is 7.09. The minimum atomic E-state index is -5.58. The third-order valence-corrected chi connectivity index (χ3v) is 1.86. The molecule has 0 saturated carbocycles. The van der Waals surface area contributed by atoms with E-state index in [0.717, 1.165) is 0 Å². The van der Waals surface area contributed by atoms with E-state index in [1.165, 1.54) is 0 Å². The molecule has 2 nitrogen and oxygen atoms in total. The first-order chi connectivity index (χ1) is 5.67. The van der Waals surface area contributed by atoms with E-state index >= 15 is 0 Å². The van der Waals surface area contributed by atoms with Crippen LogP contribution in [0.3, 0.4) is 0 Å². The van der Waals surface area contributed by atoms with Gasteiger partial charge in [-0.2, -0.15) is 22.0 Å². The first kappa shape index (κ1) is 12.8. The van der Waals surface area contributed by atoms with E-state index in [0.29, 0.717) is 0 Å². The zero-order chi connectivity index (χ0) is 10.7. The van der Waals surface area contributed by atoms with E-state index in [-0.39, 0.29) is 0 Å². The van der Waals surface area contributed by atoms with Gasteiger partial charge in [0.1, 0.15) is 0 Å². The summed E-state index contributed by atoms with van der Waals surface area (Å²) in [6, 6.07) is 0. The molecule has 0 aliphatic carbocycles. The van der Waals surface area contributed by atoms with Gasteiger partial charge < -0.3 is 4.55 Å². The van der Waals surface area contributed by atoms with Gasteiger partial charge in [-0.3, -0.25) is 0 Å². The average Bonchev–Trinajstić information content (AvgIpc) is 1.82. The third-order valence-electron chi connectivity index (χ3n) is 1.22. The molecule has 1 atom stereocenters. The van der Waals surface area contributed by atoms with Gasteiger partial charge in [-0.05, 0) is 6.42 Å². The fourth-order valence-electron chi connectivity index (χ4n) is 0.559. The molecule has 0 bridgehead atoms. The van der Waals surface area contributed by atoms with Crippen LogP contribution in [0, 0.1) is 0 Å². The molecule has 0 amide bonds. The fraction of sp³-hybridized carbons (Fsp3) is 1.00. The third kappa shape index (κ3) is 4.51. The molecule has 80 valence electrons. The summed E-state index contributed by atoms with van der Waals surface area (Å²) in [5, 5.41) is 0. The SMILES string of the molecule is O=S(O)CCCC(F)(F)C(F)(F)F. The van der Waals surface area contributed by atoms with Gasteiger partial charge in [0, 0.05) is 12.2 Å². The van der Waals surface area contributed by atoms with E-state index in [2.05, 4.69) is 0 Å². The monoisotopic (exact) mass is 226 g/mol. The summed E-state index contributed by atoms with van der Waals surface area (Å²) >= 11 is -2.33. The van der Waals surface area contributed by atoms with Crippen molar-refractivity contribution in [1.29, 1.82) is 0 Å². The van der Waals surface area contributed by atoms with Crippen molar-refractivity contribution in [1.82, 2.24) is 0 Å². The second-order valence-corrected chi connectivity index (χ2v) is 3.38. The van der Waals surface area contributed by atoms with Gasteiger partial charge in [0.2, 0.25) is 0 Å². The Bertz CT molecular complexity index is 190. The summed E-state index contributed by atoms with van der Waals surface area (Å²) in [5.74, 6) is -5.35. The van der Waals surface area contributed by atoms with E-state index in [1.807, 2.05) is 0 Å². The van der Waals surface area contributed by atoms with Crippen molar-refractivity contribution < 1.29 is 30.7 Å². The van der Waals surface area contributed by atoms with E-state index in [9.17, 15) is 26.2 Å². The van der Waals surface area contributed by atoms with E-state index in [1.54, 1.807) is 0 Å². The Balaban J connectivity index is 3.97. The van der Waals surface area contributed by atoms with Gasteiger partial charge in [0.15, 0.2) is 11.1 Å². The molecule has 0 aliphatic heterocycles. The highest BCUT2D eigenvalue weighted by molar-refractivity contribution is 7.79. The molecule has 1 N–H and O–H groups in total. The van der Waals surface area contributed by atoms with E-state index in [4.69, 9.17) is 4.55 Å². The molecule has 0 saturated heterocycles. The van der Waals surface area contributed by atoms with Crippen molar-refractivity contribution in [3.05, 3.63) is 0 Å². The van der Waals surface area contributed by atoms with Crippen LogP contribution in [-0.2, 0) is 11.1 Å². The van der Waals surface area contributed by atoms with Crippen molar-refractivity contribution in [3.63, 3.8) is 0 Å². The normalized spacial score (nSPS) is 15.8. The summed E-state index contributed by atoms with van der Waals surface area (Å²) in [7, 11) is 0. The highest BCUT2D eigenvalue weighted by Gasteiger charge is 2.56. The first-order valence-corrected chi connectivity index (χ1v) is 4.46. The minimum absolute atomic E-state index is 0.578. The Morgan fingerprint density at radius 1 is 1.15 bits per heavy atom. The Labute approximate surface area is 73.4 Å². The molecule has 0 radical (unpaired) electrons. The zero-order valence-electron chi connectivity index (χ0n) is 6.27. The predicted molar refractivity (Wildman–Crippen MR) is 35.9 cm³/mol. The molecule has 0 rings (SSSR count). The van der Waals surface area contributed by atoms with Gasteiger partial charge in [-0.1, -0.05) is 0 Å². The second kappa shape index (κ2) is 4.32. The number of hydrogen-bond acceptors (Lipinski definition) is 1. The van der Waals surface area contributed by atoms with Gasteiger partial charge in [0.05, 0.1) is 0 Å². The Morgan fingerprint density at radius 2 is 1.62 bits per heavy atom. The summed E-state index contributed by atoms with van der Waals surface area (Å²) in [6.07, 6.45) is -7.68. The van der Waals surface area contributed by atoms with Crippen molar-refractivity contribution in [3.8, 4) is 0 Å². The maximum absolute atomic E-state index is 12.1. The summed E-state index contributed by atoms with van der Waals surface area (Å²) < 4.78 is 76.6. The second-order valence-electron chi connectivity index (χ2n) is 2.33. The molecular weight excluding hydrogens is 219 g/mol. The first-order valence-electron chi connectivity index (χ1n) is 3.19. The highest BCUT2D eigenvalue weighted by Crippen LogP contribution is 2.38. The van der Waals surface area contributed by atoms with Gasteiger partial charge in [0.25, 0.3) is 0 Å². The van der Waals surface area contributed by atoms with Gasteiger partial charge in [-0.25, -0.2) is 4.21 Å². The highest BCUT2D eigenvalue weighted by atomic mass is 32.2. The van der Waals surface area contributed by atoms with Crippen molar-refractivity contribution in [2.75, 3.05) is 5.75 Å². The molecule has 0 heterocycles. The molecule has 0 spiro atoms. The smallest absolute Gasteiger partial charge is 0.306 e. The molecule has 0 aromatic heterocycles. The van der Waals surface area contributed by atoms with Crippen LogP contribution in [0.2, 0.25) is 0 Å². The van der Waals surface area contributed by atoms with Crippen LogP contribution in [0.4, 0.5) is 22.0 Å². The molecule has 1 unspecified atom stereocenters. The summed E-state index contributed by atoms with van der Waals surface area (Å²) in [6.45, 7) is 0. The number of halogens is 5. The summed E-state index contributed by atoms with van der Waals surface area (Å²) in [5.41, 5.74) is 0. The molecule has 0 aromatic rings. The van der Waals surface area contributed by atoms with Gasteiger partial charge >= 0.3 is 12.1 Å². The number of hydrogen-bond donors (Lipinski definition) is 1. The van der Waals surface area contributed by atoms with Crippen molar-refractivity contribution in [2.24, 2.45) is 0 Å². The Hall–Kier alpha value is -0.240. The van der Waals surface area contributed by atoms with Crippen LogP contribution in [0.5, 0.6) is 0 Å². The van der Waals surface area contributed by atoms with E-state index < -0.39 is 41.8 Å². The van der Waals surface area contributed by atoms with Crippen LogP contribution in [0.25, 0.3) is 0 Å². The number of alkyl halides is 5. The summed E-state index contributed by atoms with van der Waals surface area (Å²) in [4.78, 5) is 0. The molecule has 0 aliphatic rings. The van der Waals surface area contributed by atoms with Crippen molar-refractivity contribution in [2.45, 2.75) is 24.9 Å². The molecular formula is C5H7F5O2S. The topological polar surface area (TPSA) is 37.3 Å². The van der Waals surface area contributed by atoms with Gasteiger partial charge in [-0.15, -0.1) is 0 Å². The van der Waals surface area contributed by atoms with Crippen LogP contribution in [-0.4, -0.2) is 26.6 Å². The average molecular weight is 226 g/mol. The minimum Gasteiger partial charge on any atom is -0.306 e. The lowest BCUT2D eigenvalue weighted by molar-refractivity contribution is -0.284. The lowest BCUT2D eigenvalue weighted by Gasteiger charge is -2.18. The van der Waals surface area contributed by atoms with Crippen LogP contribution in [0.15, 0.2) is 0 Å². The standard InChI is InChI=1S/C5H7F5O2S/c6-4(7,5(8,9)10)2-1-3-13(11)12/h1-3H2,(H,11,12). The molecule has 0 aromatic carbocycles. The number of rotatable bonds is 4.